The first-order chi connectivity index (χ1) is 10.4. The number of urea groups is 1. The molecule has 4 amide bonds. The number of amides is 4. The number of likely N-dealkylation sites (N-methyl/N-ethyl adjacent to an activating group) is 1. The summed E-state index contributed by atoms with van der Waals surface area (Å²) in [6.45, 7) is 10.9. The van der Waals surface area contributed by atoms with Crippen LogP contribution in [0.5, 0.6) is 0 Å². The van der Waals surface area contributed by atoms with E-state index in [1.165, 1.54) is 11.0 Å². The maximum Gasteiger partial charge on any atom is 0.331 e. The van der Waals surface area contributed by atoms with E-state index in [1.54, 1.807) is 0 Å². The minimum Gasteiger partial charge on any atom is -0.335 e. The number of hydrazine groups is 1. The number of nitrogens with zero attached hydrogens (tertiary/aromatic N) is 2. The summed E-state index contributed by atoms with van der Waals surface area (Å²) >= 11 is 0. The smallest absolute Gasteiger partial charge is 0.331 e. The number of imide groups is 2. The van der Waals surface area contributed by atoms with E-state index in [9.17, 15) is 14.4 Å². The van der Waals surface area contributed by atoms with Crippen molar-refractivity contribution in [3.63, 3.8) is 0 Å². The summed E-state index contributed by atoms with van der Waals surface area (Å²) in [5.74, 6) is -2.33. The monoisotopic (exact) mass is 308 g/mol. The minimum absolute atomic E-state index is 0.0552. The zero-order chi connectivity index (χ0) is 16.3. The van der Waals surface area contributed by atoms with E-state index < -0.39 is 23.8 Å². The third-order valence-electron chi connectivity index (χ3n) is 3.83. The van der Waals surface area contributed by atoms with Crippen LogP contribution in [0.25, 0.3) is 0 Å². The highest BCUT2D eigenvalue weighted by molar-refractivity contribution is 6.17. The summed E-state index contributed by atoms with van der Waals surface area (Å²) in [4.78, 5) is 38.4. The van der Waals surface area contributed by atoms with Gasteiger partial charge in [-0.05, 0) is 0 Å². The standard InChI is InChI=1S/C14H21N5O3/c1-4-5-19-13(21)11(12(20)15-14(19)22)10(2)16-18-8-6-17(3)7-9-18/h4,11,16H,1-2,5-9H2,3H3,(H,15,20,22)/p+1/t11-/m1/s1. The molecule has 2 saturated heterocycles. The maximum atomic E-state index is 12.3. The summed E-state index contributed by atoms with van der Waals surface area (Å²) in [6.07, 6.45) is 1.43. The van der Waals surface area contributed by atoms with Gasteiger partial charge in [-0.25, -0.2) is 9.80 Å². The Morgan fingerprint density at radius 3 is 2.64 bits per heavy atom. The Morgan fingerprint density at radius 1 is 1.41 bits per heavy atom. The normalized spacial score (nSPS) is 24.1. The van der Waals surface area contributed by atoms with Gasteiger partial charge in [-0.15, -0.1) is 6.58 Å². The van der Waals surface area contributed by atoms with Gasteiger partial charge in [0.1, 0.15) is 0 Å². The fourth-order valence-electron chi connectivity index (χ4n) is 2.49. The van der Waals surface area contributed by atoms with Gasteiger partial charge in [-0.3, -0.25) is 19.8 Å². The van der Waals surface area contributed by atoms with Crippen LogP contribution in [0.3, 0.4) is 0 Å². The second-order valence-electron chi connectivity index (χ2n) is 5.55. The fourth-order valence-corrected chi connectivity index (χ4v) is 2.49. The van der Waals surface area contributed by atoms with Crippen LogP contribution < -0.4 is 15.6 Å². The highest BCUT2D eigenvalue weighted by Crippen LogP contribution is 2.16. The van der Waals surface area contributed by atoms with Gasteiger partial charge >= 0.3 is 6.03 Å². The molecule has 0 unspecified atom stereocenters. The van der Waals surface area contributed by atoms with E-state index in [4.69, 9.17) is 0 Å². The van der Waals surface area contributed by atoms with Crippen LogP contribution in [0.15, 0.2) is 24.9 Å². The predicted molar refractivity (Wildman–Crippen MR) is 79.4 cm³/mol. The SMILES string of the molecule is C=CCN1C(=O)NC(=O)[C@@H](C(=C)NN2CC[NH+](C)CC2)C1=O. The average Bonchev–Trinajstić information content (AvgIpc) is 2.45. The Bertz CT molecular complexity index is 511. The molecule has 8 heteroatoms. The van der Waals surface area contributed by atoms with Crippen LogP contribution in [0.1, 0.15) is 0 Å². The molecule has 0 aromatic carbocycles. The third kappa shape index (κ3) is 3.34. The number of carbonyl (C=O) groups excluding carboxylic acids is 3. The molecule has 2 aliphatic rings. The van der Waals surface area contributed by atoms with E-state index in [0.29, 0.717) is 0 Å². The van der Waals surface area contributed by atoms with Gasteiger partial charge in [0, 0.05) is 12.2 Å². The molecule has 0 bridgehead atoms. The van der Waals surface area contributed by atoms with Crippen molar-refractivity contribution in [2.24, 2.45) is 5.92 Å². The van der Waals surface area contributed by atoms with E-state index in [0.717, 1.165) is 31.1 Å². The number of hydrogen-bond donors (Lipinski definition) is 3. The maximum absolute atomic E-state index is 12.3. The molecule has 0 aliphatic carbocycles. The molecule has 3 N–H and O–H groups in total. The average molecular weight is 308 g/mol. The van der Waals surface area contributed by atoms with Crippen molar-refractivity contribution < 1.29 is 19.3 Å². The number of piperazine rings is 1. The van der Waals surface area contributed by atoms with Crippen LogP contribution in [0.4, 0.5) is 4.79 Å². The van der Waals surface area contributed by atoms with Gasteiger partial charge in [-0.1, -0.05) is 12.7 Å². The van der Waals surface area contributed by atoms with Crippen molar-refractivity contribution in [2.75, 3.05) is 39.8 Å². The van der Waals surface area contributed by atoms with Gasteiger partial charge in [-0.2, -0.15) is 0 Å². The number of barbiturate groups is 1. The highest BCUT2D eigenvalue weighted by atomic mass is 16.2. The van der Waals surface area contributed by atoms with Crippen molar-refractivity contribution >= 4 is 17.8 Å². The molecule has 2 rings (SSSR count). The Morgan fingerprint density at radius 2 is 2.05 bits per heavy atom. The molecule has 2 aliphatic heterocycles. The second-order valence-corrected chi connectivity index (χ2v) is 5.55. The van der Waals surface area contributed by atoms with Crippen molar-refractivity contribution in [1.29, 1.82) is 0 Å². The first-order valence-electron chi connectivity index (χ1n) is 7.23. The molecule has 0 spiro atoms. The molecule has 2 heterocycles. The van der Waals surface area contributed by atoms with Crippen LogP contribution in [0.2, 0.25) is 0 Å². The van der Waals surface area contributed by atoms with Gasteiger partial charge in [0.2, 0.25) is 11.8 Å². The number of carbonyl (C=O) groups is 3. The highest BCUT2D eigenvalue weighted by Gasteiger charge is 2.42. The van der Waals surface area contributed by atoms with Gasteiger partial charge < -0.3 is 10.3 Å². The Kier molecular flexibility index (Phi) is 4.94. The summed E-state index contributed by atoms with van der Waals surface area (Å²) in [5.41, 5.74) is 3.31. The van der Waals surface area contributed by atoms with E-state index in [1.807, 2.05) is 5.01 Å². The summed E-state index contributed by atoms with van der Waals surface area (Å²) in [7, 11) is 2.11. The lowest BCUT2D eigenvalue weighted by molar-refractivity contribution is -0.884. The number of rotatable bonds is 5. The quantitative estimate of drug-likeness (QED) is 0.393. The summed E-state index contributed by atoms with van der Waals surface area (Å²) in [6, 6.07) is -0.720. The molecule has 0 saturated carbocycles. The van der Waals surface area contributed by atoms with E-state index >= 15 is 0 Å². The van der Waals surface area contributed by atoms with E-state index in [-0.39, 0.29) is 12.2 Å². The second kappa shape index (κ2) is 6.71. The molecule has 0 aromatic rings. The number of hydrogen-bond acceptors (Lipinski definition) is 5. The molecular weight excluding hydrogens is 286 g/mol. The van der Waals surface area contributed by atoms with Gasteiger partial charge in [0.25, 0.3) is 0 Å². The molecule has 1 atom stereocenters. The van der Waals surface area contributed by atoms with Crippen molar-refractivity contribution in [1.82, 2.24) is 20.7 Å². The first-order valence-corrected chi connectivity index (χ1v) is 7.23. The lowest BCUT2D eigenvalue weighted by atomic mass is 10.0. The molecule has 0 aromatic heterocycles. The molecule has 22 heavy (non-hydrogen) atoms. The summed E-state index contributed by atoms with van der Waals surface area (Å²) < 4.78 is 0. The van der Waals surface area contributed by atoms with Crippen LogP contribution >= 0.6 is 0 Å². The molecule has 0 radical (unpaired) electrons. The topological polar surface area (TPSA) is 86.2 Å². The lowest BCUT2D eigenvalue weighted by Crippen LogP contribution is -3.12. The molecule has 2 fully saturated rings. The van der Waals surface area contributed by atoms with Crippen LogP contribution in [0, 0.1) is 5.92 Å². The lowest BCUT2D eigenvalue weighted by Gasteiger charge is -2.35. The van der Waals surface area contributed by atoms with Crippen molar-refractivity contribution in [3.8, 4) is 0 Å². The predicted octanol–water partition coefficient (Wildman–Crippen LogP) is -2.28. The first kappa shape index (κ1) is 16.2. The minimum atomic E-state index is -1.11. The van der Waals surface area contributed by atoms with Gasteiger partial charge in [0.05, 0.1) is 33.2 Å². The third-order valence-corrected chi connectivity index (χ3v) is 3.83. The van der Waals surface area contributed by atoms with Crippen LogP contribution in [-0.4, -0.2) is 67.5 Å². The van der Waals surface area contributed by atoms with Crippen molar-refractivity contribution in [3.05, 3.63) is 24.9 Å². The summed E-state index contributed by atoms with van der Waals surface area (Å²) in [5, 5.41) is 4.11. The molecule has 8 nitrogen and oxygen atoms in total. The zero-order valence-electron chi connectivity index (χ0n) is 12.7. The fraction of sp³-hybridized carbons (Fsp3) is 0.500. The van der Waals surface area contributed by atoms with Gasteiger partial charge in [0.15, 0.2) is 5.92 Å². The Balaban J connectivity index is 2.03. The van der Waals surface area contributed by atoms with Crippen molar-refractivity contribution in [2.45, 2.75) is 0 Å². The number of quaternary nitrogens is 1. The van der Waals surface area contributed by atoms with Crippen LogP contribution in [-0.2, 0) is 9.59 Å². The van der Waals surface area contributed by atoms with E-state index in [2.05, 4.69) is 30.9 Å². The molecule has 120 valence electrons. The Labute approximate surface area is 129 Å². The zero-order valence-corrected chi connectivity index (χ0v) is 12.7. The molecular formula is C14H22N5O3+. The largest absolute Gasteiger partial charge is 0.335 e. The Hall–Kier alpha value is -2.19. The number of nitrogens with one attached hydrogen (secondary N) is 3.